The minimum Gasteiger partial charge on any atom is -0.333 e. The van der Waals surface area contributed by atoms with Gasteiger partial charge in [0, 0.05) is 23.2 Å². The molecule has 3 nitrogen and oxygen atoms in total. The van der Waals surface area contributed by atoms with Crippen LogP contribution in [0.3, 0.4) is 0 Å². The van der Waals surface area contributed by atoms with Gasteiger partial charge in [-0.2, -0.15) is 0 Å². The summed E-state index contributed by atoms with van der Waals surface area (Å²) in [5.41, 5.74) is 11.0. The number of anilines is 5. The lowest BCUT2D eigenvalue weighted by Gasteiger charge is -2.50. The number of fused-ring (bicyclic) bond motifs is 5. The third-order valence-electron chi connectivity index (χ3n) is 10.1. The molecule has 0 bridgehead atoms. The van der Waals surface area contributed by atoms with E-state index in [0.717, 1.165) is 22.8 Å². The second-order valence-electron chi connectivity index (χ2n) is 12.5. The molecular weight excluding hydrogens is 498 g/mol. The van der Waals surface area contributed by atoms with Gasteiger partial charge in [0.25, 0.3) is 0 Å². The lowest BCUT2D eigenvalue weighted by atomic mass is 9.61. The molecule has 2 atom stereocenters. The number of aryl methyl sites for hydroxylation is 1. The van der Waals surface area contributed by atoms with Crippen LogP contribution in [0.15, 0.2) is 84.9 Å². The summed E-state index contributed by atoms with van der Waals surface area (Å²) in [5.74, 6) is 0. The van der Waals surface area contributed by atoms with E-state index in [4.69, 9.17) is 11.6 Å². The Morgan fingerprint density at radius 1 is 0.692 bits per heavy atom. The molecular formula is C35H37ClN3+. The second-order valence-corrected chi connectivity index (χ2v) is 12.9. The highest BCUT2D eigenvalue weighted by Gasteiger charge is 2.58. The van der Waals surface area contributed by atoms with Crippen LogP contribution in [0.4, 0.5) is 39.8 Å². The number of halogens is 1. The quantitative estimate of drug-likeness (QED) is 0.236. The topological polar surface area (TPSA) is 6.48 Å². The molecule has 0 amide bonds. The van der Waals surface area contributed by atoms with Crippen molar-refractivity contribution in [2.24, 2.45) is 0 Å². The fourth-order valence-electron chi connectivity index (χ4n) is 7.90. The zero-order valence-electron chi connectivity index (χ0n) is 23.6. The highest BCUT2D eigenvalue weighted by atomic mass is 35.5. The van der Waals surface area contributed by atoms with Crippen molar-refractivity contribution in [3.63, 3.8) is 0 Å². The molecule has 2 unspecified atom stereocenters. The summed E-state index contributed by atoms with van der Waals surface area (Å²) in [6.45, 7) is 7.15. The molecule has 1 fully saturated rings. The van der Waals surface area contributed by atoms with Crippen molar-refractivity contribution < 1.29 is 0 Å². The normalized spacial score (nSPS) is 24.6. The van der Waals surface area contributed by atoms with Gasteiger partial charge in [0.2, 0.25) is 0 Å². The molecule has 0 radical (unpaired) electrons. The zero-order chi connectivity index (χ0) is 27.2. The van der Waals surface area contributed by atoms with Gasteiger partial charge in [0.1, 0.15) is 11.4 Å². The number of para-hydroxylation sites is 5. The minimum absolute atomic E-state index is 0.0414. The fraction of sp³-hybridized carbons (Fsp3) is 0.314. The molecule has 198 valence electrons. The van der Waals surface area contributed by atoms with E-state index < -0.39 is 0 Å². The van der Waals surface area contributed by atoms with E-state index in [1.165, 1.54) is 58.8 Å². The molecule has 0 saturated heterocycles. The number of hydrogen-bond donors (Lipinski definition) is 0. The summed E-state index contributed by atoms with van der Waals surface area (Å²) >= 11 is 7.61. The number of quaternary nitrogens is 1. The first-order valence-electron chi connectivity index (χ1n) is 14.2. The van der Waals surface area contributed by atoms with Crippen LogP contribution in [0.1, 0.15) is 50.7 Å². The summed E-state index contributed by atoms with van der Waals surface area (Å²) < 4.78 is 0.690. The van der Waals surface area contributed by atoms with E-state index in [0.29, 0.717) is 4.48 Å². The molecule has 4 heteroatoms. The van der Waals surface area contributed by atoms with Crippen LogP contribution < -0.4 is 14.3 Å². The maximum Gasteiger partial charge on any atom is 0.161 e. The van der Waals surface area contributed by atoms with Crippen LogP contribution in [0.2, 0.25) is 5.02 Å². The Morgan fingerprint density at radius 3 is 1.90 bits per heavy atom. The first-order chi connectivity index (χ1) is 18.7. The van der Waals surface area contributed by atoms with Gasteiger partial charge in [-0.3, -0.25) is 9.38 Å². The molecule has 3 aliphatic rings. The predicted molar refractivity (Wildman–Crippen MR) is 167 cm³/mol. The van der Waals surface area contributed by atoms with Crippen molar-refractivity contribution in [3.8, 4) is 0 Å². The van der Waals surface area contributed by atoms with E-state index in [9.17, 15) is 0 Å². The van der Waals surface area contributed by atoms with Crippen LogP contribution in [0, 0.1) is 6.92 Å². The van der Waals surface area contributed by atoms with Gasteiger partial charge in [0.15, 0.2) is 11.4 Å². The summed E-state index contributed by atoms with van der Waals surface area (Å²) in [6, 6.07) is 31.1. The van der Waals surface area contributed by atoms with Crippen LogP contribution in [-0.4, -0.2) is 19.6 Å². The Morgan fingerprint density at radius 2 is 1.23 bits per heavy atom. The third kappa shape index (κ3) is 3.21. The van der Waals surface area contributed by atoms with Gasteiger partial charge in [-0.1, -0.05) is 73.8 Å². The summed E-state index contributed by atoms with van der Waals surface area (Å²) in [4.78, 5) is 4.99. The average molecular weight is 535 g/mol. The number of rotatable bonds is 2. The molecule has 0 N–H and O–H groups in total. The molecule has 4 aromatic carbocycles. The number of hydrogen-bond acceptors (Lipinski definition) is 2. The zero-order valence-corrected chi connectivity index (χ0v) is 24.4. The lowest BCUT2D eigenvalue weighted by molar-refractivity contribution is 0.195. The molecule has 39 heavy (non-hydrogen) atoms. The van der Waals surface area contributed by atoms with Crippen molar-refractivity contribution in [1.29, 1.82) is 0 Å². The standard InChI is InChI=1S/C35H37ClN3/c1-24-22-29(37-27-16-8-10-18-31(27)39(4,5)32-19-11-9-17-28(32)37)33(36)30(23-24)38-26-15-7-6-14-25(26)34(2)20-12-13-21-35(34,38)3/h6-11,14-19,22-23H,12-13,20-21H2,1-5H3/q+1. The number of benzene rings is 4. The highest BCUT2D eigenvalue weighted by Crippen LogP contribution is 2.63. The number of nitrogens with zero attached hydrogens (tertiary/aromatic N) is 3. The van der Waals surface area contributed by atoms with E-state index in [1.807, 2.05) is 0 Å². The first kappa shape index (κ1) is 24.7. The summed E-state index contributed by atoms with van der Waals surface area (Å²) in [5, 5.41) is 0.809. The molecule has 0 spiro atoms. The van der Waals surface area contributed by atoms with Crippen molar-refractivity contribution in [1.82, 2.24) is 4.48 Å². The Hall–Kier alpha value is -3.27. The van der Waals surface area contributed by atoms with Gasteiger partial charge < -0.3 is 4.90 Å². The second kappa shape index (κ2) is 8.36. The predicted octanol–water partition coefficient (Wildman–Crippen LogP) is 10.1. The Kier molecular flexibility index (Phi) is 5.31. The van der Waals surface area contributed by atoms with Gasteiger partial charge in [-0.15, -0.1) is 0 Å². The first-order valence-corrected chi connectivity index (χ1v) is 14.6. The molecule has 1 aliphatic carbocycles. The van der Waals surface area contributed by atoms with Crippen molar-refractivity contribution in [2.75, 3.05) is 23.9 Å². The summed E-state index contributed by atoms with van der Waals surface area (Å²) in [6.07, 6.45) is 4.87. The van der Waals surface area contributed by atoms with E-state index >= 15 is 0 Å². The van der Waals surface area contributed by atoms with Crippen molar-refractivity contribution >= 4 is 51.4 Å². The van der Waals surface area contributed by atoms with E-state index in [2.05, 4.69) is 130 Å². The maximum absolute atomic E-state index is 7.61. The van der Waals surface area contributed by atoms with Crippen LogP contribution >= 0.6 is 11.6 Å². The fourth-order valence-corrected chi connectivity index (χ4v) is 8.18. The maximum atomic E-state index is 7.61. The molecule has 0 aromatic heterocycles. The van der Waals surface area contributed by atoms with Gasteiger partial charge in [0.05, 0.1) is 36.0 Å². The molecule has 2 aliphatic heterocycles. The lowest BCUT2D eigenvalue weighted by Crippen LogP contribution is -2.54. The van der Waals surface area contributed by atoms with Gasteiger partial charge >= 0.3 is 0 Å². The van der Waals surface area contributed by atoms with E-state index in [-0.39, 0.29) is 11.0 Å². The van der Waals surface area contributed by atoms with Gasteiger partial charge in [-0.05, 0) is 68.1 Å². The highest BCUT2D eigenvalue weighted by molar-refractivity contribution is 6.36. The largest absolute Gasteiger partial charge is 0.333 e. The monoisotopic (exact) mass is 534 g/mol. The molecule has 4 aromatic rings. The SMILES string of the molecule is Cc1cc(N2c3ccccc3[N+](C)(C)c3ccccc32)c(Cl)c(N2c3ccccc3C3(C)CCCCC23C)c1. The average Bonchev–Trinajstić information content (AvgIpc) is 3.14. The Labute approximate surface area is 237 Å². The van der Waals surface area contributed by atoms with Crippen LogP contribution in [-0.2, 0) is 5.41 Å². The van der Waals surface area contributed by atoms with Crippen LogP contribution in [0.5, 0.6) is 0 Å². The van der Waals surface area contributed by atoms with Crippen LogP contribution in [0.25, 0.3) is 0 Å². The Bertz CT molecular complexity index is 1570. The smallest absolute Gasteiger partial charge is 0.161 e. The Balaban J connectivity index is 1.49. The minimum atomic E-state index is -0.0414. The van der Waals surface area contributed by atoms with Gasteiger partial charge in [-0.25, -0.2) is 0 Å². The third-order valence-corrected chi connectivity index (χ3v) is 10.5. The molecule has 2 heterocycles. The molecule has 1 saturated carbocycles. The molecule has 7 rings (SSSR count). The summed E-state index contributed by atoms with van der Waals surface area (Å²) in [7, 11) is 4.54. The van der Waals surface area contributed by atoms with E-state index in [1.54, 1.807) is 0 Å². The van der Waals surface area contributed by atoms with Crippen molar-refractivity contribution in [2.45, 2.75) is 57.4 Å². The van der Waals surface area contributed by atoms with Crippen molar-refractivity contribution in [3.05, 3.63) is 101 Å².